The average Bonchev–Trinajstić information content (AvgIpc) is 3.16. The Kier molecular flexibility index (Phi) is 6.27. The third kappa shape index (κ3) is 4.59. The lowest BCUT2D eigenvalue weighted by molar-refractivity contribution is -0.128. The number of carbonyl (C=O) groups excluding carboxylic acids is 2. The van der Waals surface area contributed by atoms with Gasteiger partial charge in [0.2, 0.25) is 5.91 Å². The van der Waals surface area contributed by atoms with Crippen molar-refractivity contribution in [2.45, 2.75) is 77.1 Å². The molecule has 6 unspecified atom stereocenters. The fourth-order valence-electron chi connectivity index (χ4n) is 5.86. The molecule has 1 aromatic carbocycles. The Morgan fingerprint density at radius 3 is 2.72 bits per heavy atom. The van der Waals surface area contributed by atoms with Gasteiger partial charge in [0.15, 0.2) is 0 Å². The lowest BCUT2D eigenvalue weighted by Crippen LogP contribution is -2.56. The van der Waals surface area contributed by atoms with E-state index in [4.69, 9.17) is 4.74 Å². The van der Waals surface area contributed by atoms with Crippen LogP contribution < -0.4 is 5.32 Å². The van der Waals surface area contributed by atoms with Crippen LogP contribution in [-0.4, -0.2) is 45.6 Å². The smallest absolute Gasteiger partial charge is 0.411 e. The first-order valence-electron chi connectivity index (χ1n) is 12.5. The number of carbonyl (C=O) groups is 2. The van der Waals surface area contributed by atoms with Crippen molar-refractivity contribution in [2.75, 3.05) is 0 Å². The van der Waals surface area contributed by atoms with E-state index in [0.717, 1.165) is 34.7 Å². The van der Waals surface area contributed by atoms with E-state index in [2.05, 4.69) is 16.4 Å². The van der Waals surface area contributed by atoms with Gasteiger partial charge in [-0.25, -0.2) is 14.2 Å². The summed E-state index contributed by atoms with van der Waals surface area (Å²) < 4.78 is 20.6. The van der Waals surface area contributed by atoms with Crippen LogP contribution in [-0.2, 0) is 22.4 Å². The Balaban J connectivity index is 1.28. The summed E-state index contributed by atoms with van der Waals surface area (Å²) in [6.45, 7) is 7.43. The molecule has 1 saturated heterocycles. The van der Waals surface area contributed by atoms with E-state index < -0.39 is 29.6 Å². The number of rotatable bonds is 6. The van der Waals surface area contributed by atoms with Gasteiger partial charge in [0.25, 0.3) is 0 Å². The van der Waals surface area contributed by atoms with Crippen molar-refractivity contribution in [3.05, 3.63) is 40.8 Å². The minimum atomic E-state index is -0.914. The van der Waals surface area contributed by atoms with E-state index in [0.29, 0.717) is 17.4 Å². The number of nitriles is 1. The summed E-state index contributed by atoms with van der Waals surface area (Å²) in [6.07, 6.45) is 3.94. The van der Waals surface area contributed by atoms with Crippen molar-refractivity contribution in [1.82, 2.24) is 15.2 Å². The molecule has 190 valence electrons. The summed E-state index contributed by atoms with van der Waals surface area (Å²) in [4.78, 5) is 33.2. The molecule has 1 aliphatic heterocycles. The van der Waals surface area contributed by atoms with E-state index in [9.17, 15) is 19.2 Å². The highest BCUT2D eigenvalue weighted by Gasteiger charge is 2.67. The van der Waals surface area contributed by atoms with Crippen LogP contribution in [0.5, 0.6) is 0 Å². The van der Waals surface area contributed by atoms with Crippen LogP contribution in [0, 0.1) is 34.9 Å². The second-order valence-electron chi connectivity index (χ2n) is 11.0. The summed E-state index contributed by atoms with van der Waals surface area (Å²) in [7, 11) is 0. The highest BCUT2D eigenvalue weighted by Crippen LogP contribution is 2.63. The molecule has 2 amide bonds. The molecule has 1 N–H and O–H groups in total. The maximum Gasteiger partial charge on any atom is 0.411 e. The van der Waals surface area contributed by atoms with Crippen molar-refractivity contribution in [3.63, 3.8) is 0 Å². The number of hydrogen-bond acceptors (Lipinski definition) is 6. The van der Waals surface area contributed by atoms with Crippen molar-refractivity contribution in [3.8, 4) is 16.5 Å². The molecule has 3 aliphatic rings. The van der Waals surface area contributed by atoms with Crippen LogP contribution in [0.15, 0.2) is 24.4 Å². The maximum atomic E-state index is 15.0. The Bertz CT molecular complexity index is 1230. The van der Waals surface area contributed by atoms with Gasteiger partial charge in [-0.3, -0.25) is 9.69 Å². The molecule has 2 bridgehead atoms. The molecule has 0 radical (unpaired) electrons. The van der Waals surface area contributed by atoms with E-state index in [-0.39, 0.29) is 24.3 Å². The zero-order chi connectivity index (χ0) is 25.8. The minimum absolute atomic E-state index is 0.0103. The molecule has 2 heterocycles. The quantitative estimate of drug-likeness (QED) is 0.608. The lowest BCUT2D eigenvalue weighted by Gasteiger charge is -2.35. The summed E-state index contributed by atoms with van der Waals surface area (Å²) in [5.41, 5.74) is 0.420. The van der Waals surface area contributed by atoms with Gasteiger partial charge in [0, 0.05) is 18.7 Å². The predicted molar refractivity (Wildman–Crippen MR) is 133 cm³/mol. The van der Waals surface area contributed by atoms with Gasteiger partial charge >= 0.3 is 6.09 Å². The van der Waals surface area contributed by atoms with Gasteiger partial charge in [0.05, 0.1) is 16.0 Å². The molecule has 6 atom stereocenters. The first-order chi connectivity index (χ1) is 17.1. The molecule has 3 fully saturated rings. The number of aryl methyl sites for hydroxylation is 1. The first kappa shape index (κ1) is 24.7. The Morgan fingerprint density at radius 2 is 2.08 bits per heavy atom. The van der Waals surface area contributed by atoms with Gasteiger partial charge in [-0.2, -0.15) is 5.26 Å². The summed E-state index contributed by atoms with van der Waals surface area (Å²) >= 11 is 1.53. The van der Waals surface area contributed by atoms with Crippen molar-refractivity contribution in [2.24, 2.45) is 17.8 Å². The normalized spacial score (nSPS) is 26.8. The molecule has 9 heteroatoms. The van der Waals surface area contributed by atoms with Crippen molar-refractivity contribution >= 4 is 23.3 Å². The van der Waals surface area contributed by atoms with Crippen molar-refractivity contribution in [1.29, 1.82) is 5.26 Å². The number of hydrogen-bond donors (Lipinski definition) is 1. The van der Waals surface area contributed by atoms with Crippen LogP contribution in [0.4, 0.5) is 9.18 Å². The lowest BCUT2D eigenvalue weighted by atomic mass is 9.95. The number of likely N-dealkylation sites (tertiary alicyclic amines) is 1. The predicted octanol–water partition coefficient (Wildman–Crippen LogP) is 4.71. The molecule has 1 aromatic heterocycles. The number of nitrogens with zero attached hydrogens (tertiary/aromatic N) is 3. The Morgan fingerprint density at radius 1 is 1.31 bits per heavy atom. The standard InChI is InChI=1S/C27H31FN4O3S/c1-5-23-30-13-22(36-23)15-7-6-14(20(28)9-15)8-16(12-29)31-25(33)24-19-11-21(18-10-17(18)19)32(24)26(34)35-27(2,3)4/h6-7,9,13,16-19,21,24H,5,8,10-11H2,1-4H3,(H,31,33). The summed E-state index contributed by atoms with van der Waals surface area (Å²) in [6, 6.07) is 5.46. The van der Waals surface area contributed by atoms with Crippen LogP contribution >= 0.6 is 11.3 Å². The van der Waals surface area contributed by atoms with E-state index in [1.165, 1.54) is 17.4 Å². The van der Waals surface area contributed by atoms with Crippen LogP contribution in [0.25, 0.3) is 10.4 Å². The molecule has 0 spiro atoms. The van der Waals surface area contributed by atoms with Crippen molar-refractivity contribution < 1.29 is 18.7 Å². The number of benzene rings is 1. The van der Waals surface area contributed by atoms with Gasteiger partial charge in [-0.15, -0.1) is 11.3 Å². The van der Waals surface area contributed by atoms with Gasteiger partial charge in [0.1, 0.15) is 23.5 Å². The number of ether oxygens (including phenoxy) is 1. The third-order valence-corrected chi connectivity index (χ3v) is 8.67. The number of nitrogens with one attached hydrogen (secondary N) is 1. The summed E-state index contributed by atoms with van der Waals surface area (Å²) in [5, 5.41) is 13.5. The molecule has 2 aromatic rings. The molecule has 36 heavy (non-hydrogen) atoms. The zero-order valence-electron chi connectivity index (χ0n) is 21.0. The average molecular weight is 511 g/mol. The zero-order valence-corrected chi connectivity index (χ0v) is 21.8. The third-order valence-electron chi connectivity index (χ3n) is 7.47. The molecular weight excluding hydrogens is 479 g/mol. The number of amides is 2. The van der Waals surface area contributed by atoms with E-state index in [1.54, 1.807) is 37.9 Å². The molecule has 2 saturated carbocycles. The van der Waals surface area contributed by atoms with Gasteiger partial charge in [-0.05, 0) is 75.0 Å². The Hall–Kier alpha value is -2.99. The number of piperidine rings is 1. The van der Waals surface area contributed by atoms with Crippen LogP contribution in [0.3, 0.4) is 0 Å². The molecule has 5 rings (SSSR count). The first-order valence-corrected chi connectivity index (χ1v) is 13.4. The number of halogens is 1. The van der Waals surface area contributed by atoms with Crippen LogP contribution in [0.2, 0.25) is 0 Å². The molecule has 2 aliphatic carbocycles. The maximum absolute atomic E-state index is 15.0. The fraction of sp³-hybridized carbons (Fsp3) is 0.556. The molecular formula is C27H31FN4O3S. The SMILES string of the molecule is CCc1ncc(-c2ccc(CC(C#N)NC(=O)C3C4CC(C5CC54)N3C(=O)OC(C)(C)C)c(F)c2)s1. The topological polar surface area (TPSA) is 95.3 Å². The fourth-order valence-corrected chi connectivity index (χ4v) is 6.71. The number of aromatic nitrogens is 1. The van der Waals surface area contributed by atoms with Crippen LogP contribution in [0.1, 0.15) is 51.1 Å². The monoisotopic (exact) mass is 510 g/mol. The highest BCUT2D eigenvalue weighted by molar-refractivity contribution is 7.15. The largest absolute Gasteiger partial charge is 0.444 e. The van der Waals surface area contributed by atoms with E-state index >= 15 is 0 Å². The summed E-state index contributed by atoms with van der Waals surface area (Å²) in [5.74, 6) is 0.187. The van der Waals surface area contributed by atoms with Gasteiger partial charge < -0.3 is 10.1 Å². The molecule has 7 nitrogen and oxygen atoms in total. The van der Waals surface area contributed by atoms with Gasteiger partial charge in [-0.1, -0.05) is 19.1 Å². The number of fused-ring (bicyclic) bond motifs is 5. The van der Waals surface area contributed by atoms with E-state index in [1.807, 2.05) is 13.0 Å². The highest BCUT2D eigenvalue weighted by atomic mass is 32.1. The second-order valence-corrected chi connectivity index (χ2v) is 12.2. The second kappa shape index (κ2) is 9.15. The Labute approximate surface area is 214 Å². The number of thiazole rings is 1. The minimum Gasteiger partial charge on any atom is -0.444 e.